The average molecular weight is 292 g/mol. The van der Waals surface area contributed by atoms with Crippen LogP contribution >= 0.6 is 12.2 Å². The summed E-state index contributed by atoms with van der Waals surface area (Å²) < 4.78 is 5.36. The molecular weight excluding hydrogens is 268 g/mol. The molecule has 0 saturated heterocycles. The fraction of sp³-hybridized carbons (Fsp3) is 0.562. The van der Waals surface area contributed by atoms with Gasteiger partial charge >= 0.3 is 0 Å². The summed E-state index contributed by atoms with van der Waals surface area (Å²) in [5, 5.41) is 0. The van der Waals surface area contributed by atoms with Crippen molar-refractivity contribution in [2.24, 2.45) is 5.73 Å². The molecule has 1 aromatic carbocycles. The Balaban J connectivity index is 2.37. The lowest BCUT2D eigenvalue weighted by molar-refractivity contribution is 0.409. The highest BCUT2D eigenvalue weighted by atomic mass is 32.1. The first kappa shape index (κ1) is 15.1. The third kappa shape index (κ3) is 3.23. The molecule has 2 N–H and O–H groups in total. The molecule has 1 aliphatic rings. The van der Waals surface area contributed by atoms with Gasteiger partial charge in [0.05, 0.1) is 12.8 Å². The molecule has 1 saturated carbocycles. The summed E-state index contributed by atoms with van der Waals surface area (Å²) in [5.41, 5.74) is 7.96. The topological polar surface area (TPSA) is 38.5 Å². The summed E-state index contributed by atoms with van der Waals surface area (Å²) in [6.45, 7) is 3.16. The molecule has 0 amide bonds. The maximum Gasteiger partial charge on any atom is 0.120 e. The Morgan fingerprint density at radius 1 is 1.35 bits per heavy atom. The van der Waals surface area contributed by atoms with E-state index < -0.39 is 0 Å². The highest BCUT2D eigenvalue weighted by Crippen LogP contribution is 2.32. The third-order valence-corrected chi connectivity index (χ3v) is 4.36. The van der Waals surface area contributed by atoms with Crippen molar-refractivity contribution in [1.29, 1.82) is 0 Å². The molecule has 1 aromatic rings. The van der Waals surface area contributed by atoms with Crippen molar-refractivity contribution in [2.75, 3.05) is 18.6 Å². The van der Waals surface area contributed by atoms with Crippen molar-refractivity contribution in [3.63, 3.8) is 0 Å². The minimum atomic E-state index is 0.455. The zero-order valence-electron chi connectivity index (χ0n) is 12.4. The van der Waals surface area contributed by atoms with Crippen LogP contribution in [-0.2, 0) is 0 Å². The molecule has 0 unspecified atom stereocenters. The van der Waals surface area contributed by atoms with Crippen molar-refractivity contribution in [3.8, 4) is 5.75 Å². The maximum atomic E-state index is 5.89. The molecule has 110 valence electrons. The number of benzene rings is 1. The Morgan fingerprint density at radius 2 is 2.05 bits per heavy atom. The van der Waals surface area contributed by atoms with E-state index in [2.05, 4.69) is 17.9 Å². The van der Waals surface area contributed by atoms with E-state index in [4.69, 9.17) is 22.7 Å². The van der Waals surface area contributed by atoms with Crippen molar-refractivity contribution in [3.05, 3.63) is 23.8 Å². The molecule has 4 heteroatoms. The van der Waals surface area contributed by atoms with Gasteiger partial charge < -0.3 is 15.4 Å². The zero-order valence-corrected chi connectivity index (χ0v) is 13.2. The highest BCUT2D eigenvalue weighted by Gasteiger charge is 2.23. The fourth-order valence-electron chi connectivity index (χ4n) is 3.10. The molecule has 0 aromatic heterocycles. The maximum absolute atomic E-state index is 5.89. The lowest BCUT2D eigenvalue weighted by Crippen LogP contribution is -2.38. The minimum absolute atomic E-state index is 0.455. The number of nitrogens with zero attached hydrogens (tertiary/aromatic N) is 1. The van der Waals surface area contributed by atoms with Crippen molar-refractivity contribution in [2.45, 2.75) is 45.1 Å². The van der Waals surface area contributed by atoms with Crippen molar-refractivity contribution in [1.82, 2.24) is 0 Å². The number of rotatable bonds is 5. The smallest absolute Gasteiger partial charge is 0.120 e. The average Bonchev–Trinajstić information content (AvgIpc) is 2.48. The van der Waals surface area contributed by atoms with E-state index in [0.717, 1.165) is 23.5 Å². The summed E-state index contributed by atoms with van der Waals surface area (Å²) in [6.07, 6.45) is 6.49. The summed E-state index contributed by atoms with van der Waals surface area (Å²) in [5.74, 6) is 0.856. The molecule has 0 spiro atoms. The van der Waals surface area contributed by atoms with E-state index in [1.165, 1.54) is 32.1 Å². The molecule has 2 rings (SSSR count). The minimum Gasteiger partial charge on any atom is -0.497 e. The van der Waals surface area contributed by atoms with Gasteiger partial charge in [-0.15, -0.1) is 0 Å². The second-order valence-electron chi connectivity index (χ2n) is 5.33. The normalized spacial score (nSPS) is 15.9. The summed E-state index contributed by atoms with van der Waals surface area (Å²) in [4.78, 5) is 2.90. The number of hydrogen-bond acceptors (Lipinski definition) is 3. The van der Waals surface area contributed by atoms with Gasteiger partial charge in [-0.2, -0.15) is 0 Å². The van der Waals surface area contributed by atoms with E-state index in [1.807, 2.05) is 12.1 Å². The zero-order chi connectivity index (χ0) is 14.5. The van der Waals surface area contributed by atoms with Crippen LogP contribution in [0.3, 0.4) is 0 Å². The standard InChI is InChI=1S/C16H24N2OS/c1-3-18(12-7-5-4-6-8-12)15-11-13(19-2)9-10-14(15)16(17)20/h9-12H,3-8H2,1-2H3,(H2,17,20). The van der Waals surface area contributed by atoms with Gasteiger partial charge in [0.15, 0.2) is 0 Å². The first-order valence-electron chi connectivity index (χ1n) is 7.41. The van der Waals surface area contributed by atoms with Gasteiger partial charge in [0.25, 0.3) is 0 Å². The quantitative estimate of drug-likeness (QED) is 0.843. The number of hydrogen-bond donors (Lipinski definition) is 1. The molecule has 0 aliphatic heterocycles. The Kier molecular flexibility index (Phi) is 5.24. The largest absolute Gasteiger partial charge is 0.497 e. The second-order valence-corrected chi connectivity index (χ2v) is 5.77. The molecule has 0 atom stereocenters. The first-order chi connectivity index (χ1) is 9.67. The molecule has 20 heavy (non-hydrogen) atoms. The Labute approximate surface area is 127 Å². The Hall–Kier alpha value is -1.29. The first-order valence-corrected chi connectivity index (χ1v) is 7.82. The Bertz CT molecular complexity index is 470. The van der Waals surface area contributed by atoms with Gasteiger partial charge in [0, 0.05) is 24.2 Å². The lowest BCUT2D eigenvalue weighted by Gasteiger charge is -2.36. The second kappa shape index (κ2) is 6.93. The van der Waals surface area contributed by atoms with Crippen LogP contribution in [0.2, 0.25) is 0 Å². The third-order valence-electron chi connectivity index (χ3n) is 4.14. The molecule has 3 nitrogen and oxygen atoms in total. The van der Waals surface area contributed by atoms with Crippen LogP contribution in [0.4, 0.5) is 5.69 Å². The van der Waals surface area contributed by atoms with E-state index in [0.29, 0.717) is 11.0 Å². The molecule has 1 aliphatic carbocycles. The van der Waals surface area contributed by atoms with E-state index in [9.17, 15) is 0 Å². The van der Waals surface area contributed by atoms with E-state index >= 15 is 0 Å². The van der Waals surface area contributed by atoms with E-state index in [-0.39, 0.29) is 0 Å². The van der Waals surface area contributed by atoms with Gasteiger partial charge in [0.1, 0.15) is 10.7 Å². The van der Waals surface area contributed by atoms with Crippen LogP contribution in [0.5, 0.6) is 5.75 Å². The number of nitrogens with two attached hydrogens (primary N) is 1. The van der Waals surface area contributed by atoms with Crippen molar-refractivity contribution < 1.29 is 4.74 Å². The number of anilines is 1. The van der Waals surface area contributed by atoms with Crippen LogP contribution in [0.15, 0.2) is 18.2 Å². The number of thiocarbonyl (C=S) groups is 1. The van der Waals surface area contributed by atoms with E-state index in [1.54, 1.807) is 7.11 Å². The van der Waals surface area contributed by atoms with Crippen molar-refractivity contribution >= 4 is 22.9 Å². The molecule has 0 radical (unpaired) electrons. The fourth-order valence-corrected chi connectivity index (χ4v) is 3.27. The summed E-state index contributed by atoms with van der Waals surface area (Å²) >= 11 is 5.21. The Morgan fingerprint density at radius 3 is 2.60 bits per heavy atom. The van der Waals surface area contributed by atoms with Gasteiger partial charge in [-0.05, 0) is 31.9 Å². The highest BCUT2D eigenvalue weighted by molar-refractivity contribution is 7.80. The molecule has 1 fully saturated rings. The van der Waals surface area contributed by atoms with Crippen LogP contribution in [0, 0.1) is 0 Å². The predicted octanol–water partition coefficient (Wildman–Crippen LogP) is 3.49. The summed E-state index contributed by atoms with van der Waals surface area (Å²) in [6, 6.07) is 6.55. The van der Waals surface area contributed by atoms with Crippen LogP contribution in [-0.4, -0.2) is 24.7 Å². The van der Waals surface area contributed by atoms with Gasteiger partial charge in [-0.1, -0.05) is 31.5 Å². The van der Waals surface area contributed by atoms with Crippen LogP contribution in [0.1, 0.15) is 44.6 Å². The number of ether oxygens (including phenoxy) is 1. The molecule has 0 heterocycles. The molecule has 0 bridgehead atoms. The van der Waals surface area contributed by atoms with Crippen LogP contribution < -0.4 is 15.4 Å². The number of methoxy groups -OCH3 is 1. The monoisotopic (exact) mass is 292 g/mol. The predicted molar refractivity (Wildman–Crippen MR) is 88.8 cm³/mol. The van der Waals surface area contributed by atoms with Crippen LogP contribution in [0.25, 0.3) is 0 Å². The molecular formula is C16H24N2OS. The van der Waals surface area contributed by atoms with Gasteiger partial charge in [0.2, 0.25) is 0 Å². The SMILES string of the molecule is CCN(c1cc(OC)ccc1C(N)=S)C1CCCCC1. The van der Waals surface area contributed by atoms with Gasteiger partial charge in [-0.3, -0.25) is 0 Å². The van der Waals surface area contributed by atoms with Gasteiger partial charge in [-0.25, -0.2) is 0 Å². The lowest BCUT2D eigenvalue weighted by atomic mass is 9.93. The summed E-state index contributed by atoms with van der Waals surface area (Å²) in [7, 11) is 1.69.